The maximum Gasteiger partial charge on any atom is 0.335 e. The molecule has 0 aliphatic rings. The average molecular weight is 324 g/mol. The summed E-state index contributed by atoms with van der Waals surface area (Å²) in [5, 5.41) is 8.73. The Kier molecular flexibility index (Phi) is 3.55. The number of carboxylic acids is 1. The van der Waals surface area contributed by atoms with Crippen molar-refractivity contribution in [3.05, 3.63) is 29.8 Å². The van der Waals surface area contributed by atoms with Crippen molar-refractivity contribution >= 4 is 37.8 Å². The first-order chi connectivity index (χ1) is 6.38. The van der Waals surface area contributed by atoms with Crippen molar-refractivity contribution in [1.82, 2.24) is 0 Å². The number of alkyl halides is 2. The fraction of sp³-hybridized carbons (Fsp3) is 0.222. The highest BCUT2D eigenvalue weighted by Crippen LogP contribution is 2.29. The topological polar surface area (TPSA) is 46.5 Å². The Morgan fingerprint density at radius 2 is 2.14 bits per heavy atom. The third kappa shape index (κ3) is 3.67. The molecule has 0 heterocycles. The summed E-state index contributed by atoms with van der Waals surface area (Å²) in [5.74, 6) is -0.484. The van der Waals surface area contributed by atoms with Gasteiger partial charge in [0.1, 0.15) is 5.75 Å². The van der Waals surface area contributed by atoms with Crippen molar-refractivity contribution in [3.63, 3.8) is 0 Å². The van der Waals surface area contributed by atoms with Gasteiger partial charge in [0.15, 0.2) is 0 Å². The van der Waals surface area contributed by atoms with Crippen LogP contribution in [0.2, 0.25) is 0 Å². The summed E-state index contributed by atoms with van der Waals surface area (Å²) < 4.78 is 4.68. The lowest BCUT2D eigenvalue weighted by molar-refractivity contribution is 0.0696. The Bertz CT molecular complexity index is 344. The predicted octanol–water partition coefficient (Wildman–Crippen LogP) is 3.23. The quantitative estimate of drug-likeness (QED) is 0.869. The number of ether oxygens (including phenoxy) is 1. The molecule has 1 aromatic rings. The predicted molar refractivity (Wildman–Crippen MR) is 60.3 cm³/mol. The summed E-state index contributed by atoms with van der Waals surface area (Å²) in [6, 6.07) is 6.29. The molecule has 1 N–H and O–H groups in total. The Hall–Kier alpha value is -0.550. The molecule has 0 unspecified atom stereocenters. The number of rotatable bonds is 3. The fourth-order valence-corrected chi connectivity index (χ4v) is 1.27. The van der Waals surface area contributed by atoms with Crippen molar-refractivity contribution in [2.24, 2.45) is 0 Å². The largest absolute Gasteiger partial charge is 0.478 e. The molecule has 0 aromatic heterocycles. The van der Waals surface area contributed by atoms with Crippen LogP contribution in [0.15, 0.2) is 24.3 Å². The number of aromatic carboxylic acids is 1. The van der Waals surface area contributed by atoms with Gasteiger partial charge in [-0.05, 0) is 57.0 Å². The molecule has 1 aromatic carbocycles. The van der Waals surface area contributed by atoms with Crippen molar-refractivity contribution in [3.8, 4) is 5.75 Å². The number of benzene rings is 1. The summed E-state index contributed by atoms with van der Waals surface area (Å²) in [6.07, 6.45) is 0. The highest BCUT2D eigenvalue weighted by Gasteiger charge is 2.17. The zero-order valence-corrected chi connectivity index (χ0v) is 10.5. The van der Waals surface area contributed by atoms with Crippen molar-refractivity contribution in [2.45, 2.75) is 10.3 Å². The van der Waals surface area contributed by atoms with E-state index >= 15 is 0 Å². The maximum atomic E-state index is 10.6. The Morgan fingerprint density at radius 1 is 1.50 bits per heavy atom. The molecule has 0 fully saturated rings. The number of halogens is 2. The van der Waals surface area contributed by atoms with Crippen LogP contribution in [0.5, 0.6) is 5.75 Å². The Balaban J connectivity index is 2.89. The summed E-state index contributed by atoms with van der Waals surface area (Å²) in [4.78, 5) is 10.6. The molecule has 0 saturated heterocycles. The molecule has 0 radical (unpaired) electrons. The van der Waals surface area contributed by atoms with Crippen LogP contribution >= 0.6 is 31.9 Å². The first kappa shape index (κ1) is 11.5. The minimum atomic E-state index is -0.971. The second-order valence-corrected chi connectivity index (χ2v) is 6.83. The van der Waals surface area contributed by atoms with E-state index in [4.69, 9.17) is 9.84 Å². The van der Waals surface area contributed by atoms with Gasteiger partial charge in [-0.25, -0.2) is 4.79 Å². The van der Waals surface area contributed by atoms with Gasteiger partial charge >= 0.3 is 5.97 Å². The summed E-state index contributed by atoms with van der Waals surface area (Å²) in [6.45, 7) is 1.75. The molecule has 76 valence electrons. The molecule has 1 rings (SSSR count). The first-order valence-corrected chi connectivity index (χ1v) is 5.37. The van der Waals surface area contributed by atoms with E-state index in [2.05, 4.69) is 31.9 Å². The van der Waals surface area contributed by atoms with Gasteiger partial charge in [0.05, 0.1) is 5.56 Å². The van der Waals surface area contributed by atoms with E-state index in [0.717, 1.165) is 0 Å². The number of carboxylic acid groups (broad SMARTS) is 1. The van der Waals surface area contributed by atoms with Gasteiger partial charge in [0.25, 0.3) is 0 Å². The minimum Gasteiger partial charge on any atom is -0.478 e. The molecule has 0 amide bonds. The van der Waals surface area contributed by atoms with Crippen LogP contribution in [-0.4, -0.2) is 14.5 Å². The molecule has 0 saturated carbocycles. The normalized spacial score (nSPS) is 11.1. The van der Waals surface area contributed by atoms with Crippen LogP contribution in [0.25, 0.3) is 0 Å². The molecular weight excluding hydrogens is 316 g/mol. The van der Waals surface area contributed by atoms with E-state index in [0.29, 0.717) is 5.75 Å². The SMILES string of the molecule is CC(Br)(Br)Oc1cccc(C(=O)O)c1. The maximum absolute atomic E-state index is 10.6. The molecule has 0 aliphatic carbocycles. The van der Waals surface area contributed by atoms with Crippen LogP contribution < -0.4 is 4.74 Å². The smallest absolute Gasteiger partial charge is 0.335 e. The van der Waals surface area contributed by atoms with Crippen LogP contribution in [0.3, 0.4) is 0 Å². The van der Waals surface area contributed by atoms with Crippen LogP contribution in [0.4, 0.5) is 0 Å². The standard InChI is InChI=1S/C9H8Br2O3/c1-9(10,11)14-7-4-2-3-6(5-7)8(12)13/h2-5H,1H3,(H,12,13). The van der Waals surface area contributed by atoms with Gasteiger partial charge in [-0.2, -0.15) is 0 Å². The van der Waals surface area contributed by atoms with Gasteiger partial charge < -0.3 is 9.84 Å². The monoisotopic (exact) mass is 322 g/mol. The first-order valence-electron chi connectivity index (χ1n) is 3.79. The van der Waals surface area contributed by atoms with E-state index in [9.17, 15) is 4.79 Å². The van der Waals surface area contributed by atoms with Crippen molar-refractivity contribution < 1.29 is 14.6 Å². The zero-order valence-electron chi connectivity index (χ0n) is 7.33. The zero-order chi connectivity index (χ0) is 10.8. The van der Waals surface area contributed by atoms with Crippen molar-refractivity contribution in [2.75, 3.05) is 0 Å². The van der Waals surface area contributed by atoms with E-state index in [1.165, 1.54) is 12.1 Å². The minimum absolute atomic E-state index is 0.201. The highest BCUT2D eigenvalue weighted by atomic mass is 79.9. The lowest BCUT2D eigenvalue weighted by Crippen LogP contribution is -2.14. The van der Waals surface area contributed by atoms with Crippen LogP contribution in [0.1, 0.15) is 17.3 Å². The lowest BCUT2D eigenvalue weighted by atomic mass is 10.2. The second-order valence-electron chi connectivity index (χ2n) is 2.74. The van der Waals surface area contributed by atoms with Gasteiger partial charge in [-0.15, -0.1) is 0 Å². The highest BCUT2D eigenvalue weighted by molar-refractivity contribution is 9.25. The summed E-state index contributed by atoms with van der Waals surface area (Å²) >= 11 is 6.45. The molecule has 3 nitrogen and oxygen atoms in total. The van der Waals surface area contributed by atoms with E-state index in [1.54, 1.807) is 19.1 Å². The molecule has 0 bridgehead atoms. The molecule has 0 spiro atoms. The van der Waals surface area contributed by atoms with E-state index < -0.39 is 9.39 Å². The average Bonchev–Trinajstić information content (AvgIpc) is 2.01. The van der Waals surface area contributed by atoms with Gasteiger partial charge in [-0.1, -0.05) is 6.07 Å². The molecular formula is C9H8Br2O3. The van der Waals surface area contributed by atoms with E-state index in [1.807, 2.05) is 0 Å². The van der Waals surface area contributed by atoms with E-state index in [-0.39, 0.29) is 5.56 Å². The Morgan fingerprint density at radius 3 is 2.64 bits per heavy atom. The van der Waals surface area contributed by atoms with Gasteiger partial charge in [0.2, 0.25) is 3.42 Å². The second kappa shape index (κ2) is 4.31. The van der Waals surface area contributed by atoms with Gasteiger partial charge in [-0.3, -0.25) is 0 Å². The number of hydrogen-bond acceptors (Lipinski definition) is 2. The number of carbonyl (C=O) groups is 1. The molecule has 5 heteroatoms. The molecule has 14 heavy (non-hydrogen) atoms. The third-order valence-electron chi connectivity index (χ3n) is 1.38. The Labute approximate surface area is 98.3 Å². The summed E-state index contributed by atoms with van der Waals surface area (Å²) in [7, 11) is 0. The molecule has 0 atom stereocenters. The number of hydrogen-bond donors (Lipinski definition) is 1. The van der Waals surface area contributed by atoms with Crippen LogP contribution in [-0.2, 0) is 0 Å². The lowest BCUT2D eigenvalue weighted by Gasteiger charge is -2.17. The van der Waals surface area contributed by atoms with Gasteiger partial charge in [0, 0.05) is 0 Å². The van der Waals surface area contributed by atoms with Crippen molar-refractivity contribution in [1.29, 1.82) is 0 Å². The molecule has 0 aliphatic heterocycles. The van der Waals surface area contributed by atoms with Crippen LogP contribution in [0, 0.1) is 0 Å². The third-order valence-corrected chi connectivity index (χ3v) is 1.70. The fourth-order valence-electron chi connectivity index (χ4n) is 0.900. The summed E-state index contributed by atoms with van der Waals surface area (Å²) in [5.41, 5.74) is 0.201.